The van der Waals surface area contributed by atoms with Crippen LogP contribution >= 0.6 is 0 Å². The summed E-state index contributed by atoms with van der Waals surface area (Å²) in [6.07, 6.45) is 0. The van der Waals surface area contributed by atoms with Gasteiger partial charge in [-0.05, 0) is 26.8 Å². The fourth-order valence-electron chi connectivity index (χ4n) is 3.35. The molecule has 1 aliphatic carbocycles. The van der Waals surface area contributed by atoms with Gasteiger partial charge in [0.05, 0.1) is 11.9 Å². The molecule has 0 saturated heterocycles. The summed E-state index contributed by atoms with van der Waals surface area (Å²) in [4.78, 5) is 9.55. The highest BCUT2D eigenvalue weighted by Gasteiger charge is 2.16. The molecule has 0 amide bonds. The Kier molecular flexibility index (Phi) is 3.98. The number of hydrogen-bond acceptors (Lipinski definition) is 3. The van der Waals surface area contributed by atoms with Crippen LogP contribution in [0.5, 0.6) is 0 Å². The van der Waals surface area contributed by atoms with Gasteiger partial charge in [-0.2, -0.15) is 0 Å². The van der Waals surface area contributed by atoms with Crippen molar-refractivity contribution in [3.05, 3.63) is 53.4 Å². The van der Waals surface area contributed by atoms with E-state index in [1.165, 1.54) is 11.3 Å². The highest BCUT2D eigenvalue weighted by Crippen LogP contribution is 2.31. The molecule has 1 aliphatic heterocycles. The van der Waals surface area contributed by atoms with E-state index in [1.54, 1.807) is 0 Å². The Morgan fingerprint density at radius 3 is 2.64 bits per heavy atom. The van der Waals surface area contributed by atoms with E-state index in [4.69, 9.17) is 9.40 Å². The quantitative estimate of drug-likeness (QED) is 0.354. The van der Waals surface area contributed by atoms with Gasteiger partial charge in [0.25, 0.3) is 0 Å². The van der Waals surface area contributed by atoms with Crippen molar-refractivity contribution in [2.45, 2.75) is 20.8 Å². The normalized spacial score (nSPS) is 12.5. The smallest absolute Gasteiger partial charge is 0.159 e. The fraction of sp³-hybridized carbons (Fsp3) is 0.238. The minimum atomic E-state index is 0.741. The molecule has 1 heterocycles. The molecule has 2 aromatic carbocycles. The van der Waals surface area contributed by atoms with Gasteiger partial charge < -0.3 is 9.73 Å². The molecule has 126 valence electrons. The van der Waals surface area contributed by atoms with E-state index in [0.717, 1.165) is 51.8 Å². The molecule has 0 aromatic heterocycles. The van der Waals surface area contributed by atoms with Crippen LogP contribution in [0.15, 0.2) is 51.9 Å². The maximum absolute atomic E-state index is 6.24. The molecule has 4 rings (SSSR count). The Morgan fingerprint density at radius 2 is 1.88 bits per heavy atom. The van der Waals surface area contributed by atoms with Crippen molar-refractivity contribution in [1.82, 2.24) is 4.98 Å². The second-order valence-corrected chi connectivity index (χ2v) is 6.27. The van der Waals surface area contributed by atoms with E-state index in [2.05, 4.69) is 48.4 Å². The minimum absolute atomic E-state index is 0.741. The number of benzene rings is 3. The molecule has 0 unspecified atom stereocenters. The highest BCUT2D eigenvalue weighted by molar-refractivity contribution is 5.96. The number of nitrogens with zero attached hydrogens (tertiary/aromatic N) is 2. The first-order valence-corrected chi connectivity index (χ1v) is 8.82. The van der Waals surface area contributed by atoms with Gasteiger partial charge in [0.1, 0.15) is 16.9 Å². The molecule has 2 aliphatic rings. The largest absolute Gasteiger partial charge is 0.452 e. The van der Waals surface area contributed by atoms with Gasteiger partial charge in [-0.15, -0.1) is 0 Å². The van der Waals surface area contributed by atoms with E-state index in [-0.39, 0.29) is 0 Å². The molecule has 25 heavy (non-hydrogen) atoms. The van der Waals surface area contributed by atoms with Gasteiger partial charge in [0.2, 0.25) is 0 Å². The van der Waals surface area contributed by atoms with Crippen molar-refractivity contribution in [2.24, 2.45) is 4.99 Å². The lowest BCUT2D eigenvalue weighted by atomic mass is 10.0. The third kappa shape index (κ3) is 2.68. The fourth-order valence-corrected chi connectivity index (χ4v) is 3.35. The lowest BCUT2D eigenvalue weighted by molar-refractivity contribution is -0.568. The van der Waals surface area contributed by atoms with E-state index in [1.807, 2.05) is 25.1 Å². The van der Waals surface area contributed by atoms with Crippen LogP contribution in [0.4, 0.5) is 5.69 Å². The van der Waals surface area contributed by atoms with Crippen molar-refractivity contribution in [1.29, 1.82) is 0 Å². The maximum atomic E-state index is 6.24. The van der Waals surface area contributed by atoms with Gasteiger partial charge in [0.15, 0.2) is 11.3 Å². The van der Waals surface area contributed by atoms with Crippen LogP contribution in [0.2, 0.25) is 0 Å². The number of aromatic nitrogens is 1. The summed E-state index contributed by atoms with van der Waals surface area (Å²) in [6, 6.07) is 14.5. The minimum Gasteiger partial charge on any atom is -0.452 e. The number of quaternary nitrogens is 1. The summed E-state index contributed by atoms with van der Waals surface area (Å²) in [5, 5.41) is 5.38. The molecule has 4 heteroatoms. The van der Waals surface area contributed by atoms with E-state index in [9.17, 15) is 0 Å². The Hall–Kier alpha value is -2.72. The zero-order valence-corrected chi connectivity index (χ0v) is 14.8. The van der Waals surface area contributed by atoms with Crippen LogP contribution in [0.3, 0.4) is 0 Å². The molecule has 0 fully saturated rings. The number of aryl methyl sites for hydroxylation is 1. The Balaban J connectivity index is 2.11. The monoisotopic (exact) mass is 332 g/mol. The number of rotatable bonds is 3. The third-order valence-electron chi connectivity index (χ3n) is 4.51. The number of fused-ring (bicyclic) bond motifs is 4. The van der Waals surface area contributed by atoms with Crippen LogP contribution in [-0.2, 0) is 0 Å². The zero-order chi connectivity index (χ0) is 17.4. The number of nitrogens with two attached hydrogens (primary N) is 1. The van der Waals surface area contributed by atoms with Crippen LogP contribution < -0.4 is 10.7 Å². The molecule has 2 N–H and O–H groups in total. The molecule has 0 bridgehead atoms. The van der Waals surface area contributed by atoms with Gasteiger partial charge in [-0.25, -0.2) is 4.98 Å². The van der Waals surface area contributed by atoms with Crippen molar-refractivity contribution >= 4 is 27.6 Å². The number of hydrogen-bond donors (Lipinski definition) is 1. The van der Waals surface area contributed by atoms with Crippen LogP contribution in [-0.4, -0.2) is 18.1 Å². The van der Waals surface area contributed by atoms with Gasteiger partial charge in [-0.1, -0.05) is 24.3 Å². The van der Waals surface area contributed by atoms with Crippen molar-refractivity contribution < 1.29 is 9.73 Å². The highest BCUT2D eigenvalue weighted by atomic mass is 16.3. The van der Waals surface area contributed by atoms with Crippen molar-refractivity contribution in [3.63, 3.8) is 0 Å². The third-order valence-corrected chi connectivity index (χ3v) is 4.51. The van der Waals surface area contributed by atoms with Crippen molar-refractivity contribution in [3.8, 4) is 11.5 Å². The van der Waals surface area contributed by atoms with Crippen LogP contribution in [0.1, 0.15) is 19.4 Å². The van der Waals surface area contributed by atoms with Gasteiger partial charge >= 0.3 is 0 Å². The maximum Gasteiger partial charge on any atom is 0.159 e. The van der Waals surface area contributed by atoms with E-state index in [0.29, 0.717) is 0 Å². The van der Waals surface area contributed by atoms with Gasteiger partial charge in [-0.3, -0.25) is 4.99 Å². The molecular weight excluding hydrogens is 310 g/mol. The molecule has 2 aromatic rings. The average molecular weight is 332 g/mol. The first-order chi connectivity index (χ1) is 12.2. The second-order valence-electron chi connectivity index (χ2n) is 6.27. The summed E-state index contributed by atoms with van der Waals surface area (Å²) in [5.41, 5.74) is 5.03. The Bertz CT molecular complexity index is 1110. The lowest BCUT2D eigenvalue weighted by Gasteiger charge is -2.11. The second kappa shape index (κ2) is 6.30. The molecule has 0 saturated carbocycles. The summed E-state index contributed by atoms with van der Waals surface area (Å²) in [6.45, 7) is 8.05. The SMILES string of the molecule is CCN=c1cc2oc3cc([NH2+]CC)c(C)cc3nc-2c2ccccc12. The molecule has 0 spiro atoms. The van der Waals surface area contributed by atoms with Crippen LogP contribution in [0, 0.1) is 6.92 Å². The molecule has 4 nitrogen and oxygen atoms in total. The summed E-state index contributed by atoms with van der Waals surface area (Å²) in [7, 11) is 0. The topological polar surface area (TPSA) is 55.0 Å². The first kappa shape index (κ1) is 15.8. The lowest BCUT2D eigenvalue weighted by Crippen LogP contribution is -2.77. The Morgan fingerprint density at radius 1 is 1.08 bits per heavy atom. The predicted molar refractivity (Wildman–Crippen MR) is 101 cm³/mol. The van der Waals surface area contributed by atoms with E-state index < -0.39 is 0 Å². The van der Waals surface area contributed by atoms with E-state index >= 15 is 0 Å². The molecule has 0 radical (unpaired) electrons. The summed E-state index contributed by atoms with van der Waals surface area (Å²) >= 11 is 0. The Labute approximate surface area is 146 Å². The molecule has 0 atom stereocenters. The van der Waals surface area contributed by atoms with Gasteiger partial charge in [0, 0.05) is 35.0 Å². The average Bonchev–Trinajstić information content (AvgIpc) is 2.62. The first-order valence-electron chi connectivity index (χ1n) is 8.82. The van der Waals surface area contributed by atoms with Crippen molar-refractivity contribution in [2.75, 3.05) is 13.1 Å². The van der Waals surface area contributed by atoms with Crippen LogP contribution in [0.25, 0.3) is 33.3 Å². The zero-order valence-electron chi connectivity index (χ0n) is 14.8. The molecular formula is C21H22N3O+. The standard InChI is InChI=1S/C21H21N3O/c1-4-22-16-11-19-18(10-13(16)3)24-21-15-9-7-6-8-14(15)17(23-5-2)12-20(21)25-19/h6-12,22H,4-5H2,1-3H3/p+1. The predicted octanol–water partition coefficient (Wildman–Crippen LogP) is 3.53. The summed E-state index contributed by atoms with van der Waals surface area (Å²) < 4.78 is 6.24. The summed E-state index contributed by atoms with van der Waals surface area (Å²) in [5.74, 6) is 0.782.